The molecule has 26 heavy (non-hydrogen) atoms. The maximum absolute atomic E-state index is 12.5. The molecule has 8 heteroatoms. The topological polar surface area (TPSA) is 69.5 Å². The highest BCUT2D eigenvalue weighted by Crippen LogP contribution is 2.30. The van der Waals surface area contributed by atoms with E-state index in [1.807, 2.05) is 54.6 Å². The second-order valence-electron chi connectivity index (χ2n) is 6.41. The lowest BCUT2D eigenvalue weighted by Crippen LogP contribution is -2.48. The fourth-order valence-corrected chi connectivity index (χ4v) is 3.92. The molecule has 7 nitrogen and oxygen atoms in total. The van der Waals surface area contributed by atoms with E-state index in [0.29, 0.717) is 29.8 Å². The highest BCUT2D eigenvalue weighted by Gasteiger charge is 2.26. The maximum Gasteiger partial charge on any atom is 0.233 e. The average Bonchev–Trinajstić information content (AvgIpc) is 2.99. The molecule has 1 aliphatic heterocycles. The molecule has 2 aromatic rings. The molecule has 1 amide bonds. The van der Waals surface area contributed by atoms with Crippen molar-refractivity contribution in [2.45, 2.75) is 31.2 Å². The first-order chi connectivity index (χ1) is 12.5. The second-order valence-corrected chi connectivity index (χ2v) is 7.35. The van der Waals surface area contributed by atoms with Crippen molar-refractivity contribution in [3.8, 4) is 17.1 Å². The van der Waals surface area contributed by atoms with E-state index in [-0.39, 0.29) is 18.1 Å². The van der Waals surface area contributed by atoms with Gasteiger partial charge in [0.2, 0.25) is 5.91 Å². The highest BCUT2D eigenvalue weighted by molar-refractivity contribution is 7.99. The molecule has 1 aromatic carbocycles. The number of hydrogen-bond donors (Lipinski definition) is 0. The first-order valence-corrected chi connectivity index (χ1v) is 9.57. The molecule has 0 spiro atoms. The smallest absolute Gasteiger partial charge is 0.233 e. The number of amides is 1. The Morgan fingerprint density at radius 3 is 2.65 bits per heavy atom. The largest absolute Gasteiger partial charge is 0.496 e. The summed E-state index contributed by atoms with van der Waals surface area (Å²) in [7, 11) is 3.53. The number of aromatic nitrogens is 3. The molecule has 2 heterocycles. The Morgan fingerprint density at radius 2 is 1.96 bits per heavy atom. The number of methoxy groups -OCH3 is 1. The molecule has 1 saturated heterocycles. The summed E-state index contributed by atoms with van der Waals surface area (Å²) in [6.45, 7) is 5.25. The van der Waals surface area contributed by atoms with Crippen LogP contribution in [0, 0.1) is 0 Å². The van der Waals surface area contributed by atoms with E-state index in [1.54, 1.807) is 7.11 Å². The maximum atomic E-state index is 12.5. The van der Waals surface area contributed by atoms with Crippen LogP contribution in [0.2, 0.25) is 0 Å². The zero-order valence-corrected chi connectivity index (χ0v) is 16.3. The van der Waals surface area contributed by atoms with Gasteiger partial charge in [-0.3, -0.25) is 4.79 Å². The van der Waals surface area contributed by atoms with Gasteiger partial charge in [-0.2, -0.15) is 0 Å². The van der Waals surface area contributed by atoms with E-state index >= 15 is 0 Å². The van der Waals surface area contributed by atoms with E-state index in [2.05, 4.69) is 10.2 Å². The number of thioether (sulfide) groups is 1. The van der Waals surface area contributed by atoms with E-state index in [9.17, 15) is 4.79 Å². The molecule has 0 bridgehead atoms. The van der Waals surface area contributed by atoms with Crippen molar-refractivity contribution < 1.29 is 14.3 Å². The number of ether oxygens (including phenoxy) is 2. The summed E-state index contributed by atoms with van der Waals surface area (Å²) in [5, 5.41) is 9.22. The summed E-state index contributed by atoms with van der Waals surface area (Å²) in [5.41, 5.74) is 0.874. The number of morpholine rings is 1. The van der Waals surface area contributed by atoms with Gasteiger partial charge in [-0.1, -0.05) is 23.9 Å². The van der Waals surface area contributed by atoms with Crippen LogP contribution >= 0.6 is 11.8 Å². The lowest BCUT2D eigenvalue weighted by molar-refractivity contribution is -0.140. The van der Waals surface area contributed by atoms with Crippen LogP contribution in [0.3, 0.4) is 0 Å². The number of para-hydroxylation sites is 1. The van der Waals surface area contributed by atoms with Gasteiger partial charge in [-0.25, -0.2) is 0 Å². The summed E-state index contributed by atoms with van der Waals surface area (Å²) >= 11 is 1.40. The first kappa shape index (κ1) is 18.7. The van der Waals surface area contributed by atoms with Crippen molar-refractivity contribution in [2.24, 2.45) is 7.05 Å². The molecular formula is C18H24N4O3S. The fraction of sp³-hybridized carbons (Fsp3) is 0.500. The number of hydrogen-bond acceptors (Lipinski definition) is 6. The van der Waals surface area contributed by atoms with Crippen LogP contribution in [0.4, 0.5) is 0 Å². The number of carbonyl (C=O) groups excluding carboxylic acids is 1. The van der Waals surface area contributed by atoms with E-state index in [1.165, 1.54) is 11.8 Å². The third-order valence-corrected chi connectivity index (χ3v) is 5.28. The van der Waals surface area contributed by atoms with Crippen LogP contribution in [0.25, 0.3) is 11.4 Å². The van der Waals surface area contributed by atoms with Crippen LogP contribution in [0.5, 0.6) is 5.75 Å². The van der Waals surface area contributed by atoms with Gasteiger partial charge in [0.25, 0.3) is 0 Å². The minimum atomic E-state index is 0.0691. The fourth-order valence-electron chi connectivity index (χ4n) is 3.10. The van der Waals surface area contributed by atoms with Crippen LogP contribution < -0.4 is 4.74 Å². The molecule has 0 saturated carbocycles. The van der Waals surface area contributed by atoms with Crippen molar-refractivity contribution in [1.82, 2.24) is 19.7 Å². The molecule has 1 fully saturated rings. The summed E-state index contributed by atoms with van der Waals surface area (Å²) in [5.74, 6) is 1.88. The molecule has 2 atom stereocenters. The molecule has 0 unspecified atom stereocenters. The Balaban J connectivity index is 1.68. The average molecular weight is 376 g/mol. The zero-order chi connectivity index (χ0) is 18.7. The second kappa shape index (κ2) is 8.09. The van der Waals surface area contributed by atoms with Gasteiger partial charge >= 0.3 is 0 Å². The standard InChI is InChI=1S/C18H24N4O3S/c1-12-9-22(10-13(2)25-12)16(23)11-26-18-20-19-17(21(18)3)14-7-5-6-8-15(14)24-4/h5-8,12-13H,9-11H2,1-4H3/t12-,13+. The lowest BCUT2D eigenvalue weighted by atomic mass is 10.2. The Hall–Kier alpha value is -2.06. The Bertz CT molecular complexity index is 770. The first-order valence-electron chi connectivity index (χ1n) is 8.58. The number of carbonyl (C=O) groups is 1. The molecular weight excluding hydrogens is 352 g/mol. The van der Waals surface area contributed by atoms with Crippen molar-refractivity contribution in [1.29, 1.82) is 0 Å². The Labute approximate surface area is 157 Å². The van der Waals surface area contributed by atoms with E-state index < -0.39 is 0 Å². The molecule has 0 aliphatic carbocycles. The van der Waals surface area contributed by atoms with Crippen LogP contribution in [0.1, 0.15) is 13.8 Å². The van der Waals surface area contributed by atoms with Crippen molar-refractivity contribution in [3.63, 3.8) is 0 Å². The van der Waals surface area contributed by atoms with E-state index in [0.717, 1.165) is 11.3 Å². The molecule has 140 valence electrons. The van der Waals surface area contributed by atoms with Gasteiger partial charge in [0, 0.05) is 20.1 Å². The summed E-state index contributed by atoms with van der Waals surface area (Å²) in [6, 6.07) is 7.68. The number of rotatable bonds is 5. The summed E-state index contributed by atoms with van der Waals surface area (Å²) in [6.07, 6.45) is 0.138. The monoisotopic (exact) mass is 376 g/mol. The molecule has 0 radical (unpaired) electrons. The van der Waals surface area contributed by atoms with Crippen molar-refractivity contribution in [3.05, 3.63) is 24.3 Å². The van der Waals surface area contributed by atoms with Gasteiger partial charge in [0.15, 0.2) is 11.0 Å². The summed E-state index contributed by atoms with van der Waals surface area (Å²) in [4.78, 5) is 14.4. The molecule has 0 N–H and O–H groups in total. The predicted octanol–water partition coefficient (Wildman–Crippen LogP) is 2.22. The number of nitrogens with zero attached hydrogens (tertiary/aromatic N) is 4. The van der Waals surface area contributed by atoms with Gasteiger partial charge < -0.3 is 18.9 Å². The van der Waals surface area contributed by atoms with Gasteiger partial charge in [-0.05, 0) is 26.0 Å². The van der Waals surface area contributed by atoms with Gasteiger partial charge in [0.05, 0.1) is 30.6 Å². The molecule has 1 aliphatic rings. The van der Waals surface area contributed by atoms with Gasteiger partial charge in [0.1, 0.15) is 5.75 Å². The third kappa shape index (κ3) is 4.02. The van der Waals surface area contributed by atoms with Crippen LogP contribution in [0.15, 0.2) is 29.4 Å². The van der Waals surface area contributed by atoms with Crippen LogP contribution in [-0.4, -0.2) is 63.7 Å². The van der Waals surface area contributed by atoms with Crippen LogP contribution in [-0.2, 0) is 16.6 Å². The molecule has 3 rings (SSSR count). The Kier molecular flexibility index (Phi) is 5.83. The quantitative estimate of drug-likeness (QED) is 0.746. The molecule has 1 aromatic heterocycles. The minimum Gasteiger partial charge on any atom is -0.496 e. The van der Waals surface area contributed by atoms with Crippen molar-refractivity contribution >= 4 is 17.7 Å². The SMILES string of the molecule is COc1ccccc1-c1nnc(SCC(=O)N2C[C@@H](C)O[C@@H](C)C2)n1C. The van der Waals surface area contributed by atoms with Crippen molar-refractivity contribution in [2.75, 3.05) is 26.0 Å². The normalized spacial score (nSPS) is 20.2. The van der Waals surface area contributed by atoms with E-state index in [4.69, 9.17) is 9.47 Å². The Morgan fingerprint density at radius 1 is 1.27 bits per heavy atom. The third-order valence-electron chi connectivity index (χ3n) is 4.28. The minimum absolute atomic E-state index is 0.0691. The summed E-state index contributed by atoms with van der Waals surface area (Å²) < 4.78 is 13.0. The van der Waals surface area contributed by atoms with Gasteiger partial charge in [-0.15, -0.1) is 10.2 Å². The zero-order valence-electron chi connectivity index (χ0n) is 15.5. The predicted molar refractivity (Wildman–Crippen MR) is 100 cm³/mol. The highest BCUT2D eigenvalue weighted by atomic mass is 32.2. The lowest BCUT2D eigenvalue weighted by Gasteiger charge is -2.35. The number of benzene rings is 1.